The predicted molar refractivity (Wildman–Crippen MR) is 73.6 cm³/mol. The van der Waals surface area contributed by atoms with Gasteiger partial charge in [0.1, 0.15) is 11.8 Å². The third-order valence-corrected chi connectivity index (χ3v) is 3.05. The van der Waals surface area contributed by atoms with E-state index in [1.165, 1.54) is 6.26 Å². The third-order valence-electron chi connectivity index (χ3n) is 2.71. The first-order chi connectivity index (χ1) is 8.77. The number of furan rings is 1. The van der Waals surface area contributed by atoms with Gasteiger partial charge in [0, 0.05) is 30.2 Å². The van der Waals surface area contributed by atoms with Gasteiger partial charge in [0.15, 0.2) is 0 Å². The van der Waals surface area contributed by atoms with Crippen LogP contribution in [0.5, 0.6) is 0 Å². The summed E-state index contributed by atoms with van der Waals surface area (Å²) in [7, 11) is 0. The van der Waals surface area contributed by atoms with Gasteiger partial charge in [-0.15, -0.1) is 23.2 Å². The zero-order valence-electron chi connectivity index (χ0n) is 9.73. The van der Waals surface area contributed by atoms with E-state index in [0.717, 1.165) is 5.39 Å². The van der Waals surface area contributed by atoms with Crippen LogP contribution in [0.2, 0.25) is 0 Å². The lowest BCUT2D eigenvalue weighted by Crippen LogP contribution is -2.34. The van der Waals surface area contributed by atoms with Gasteiger partial charge in [-0.1, -0.05) is 18.2 Å². The highest BCUT2D eigenvalue weighted by atomic mass is 35.5. The first kappa shape index (κ1) is 13.2. The van der Waals surface area contributed by atoms with Crippen LogP contribution in [-0.2, 0) is 0 Å². The summed E-state index contributed by atoms with van der Waals surface area (Å²) in [5, 5.41) is 0.816. The quantitative estimate of drug-likeness (QED) is 0.790. The van der Waals surface area contributed by atoms with E-state index in [2.05, 4.69) is 0 Å². The molecule has 0 atom stereocenters. The van der Waals surface area contributed by atoms with Crippen molar-refractivity contribution in [3.8, 4) is 0 Å². The standard InChI is InChI=1S/C13H13Cl2NO2/c14-5-7-16(8-6-15)13(17)11-9-18-12-4-2-1-3-10(11)12/h1-4,9H,5-8H2. The molecule has 0 radical (unpaired) electrons. The summed E-state index contributed by atoms with van der Waals surface area (Å²) in [6, 6.07) is 7.45. The van der Waals surface area contributed by atoms with Crippen molar-refractivity contribution in [2.45, 2.75) is 0 Å². The Morgan fingerprint density at radius 1 is 1.17 bits per heavy atom. The van der Waals surface area contributed by atoms with Gasteiger partial charge in [0.2, 0.25) is 0 Å². The highest BCUT2D eigenvalue weighted by molar-refractivity contribution is 6.19. The zero-order valence-corrected chi connectivity index (χ0v) is 11.2. The van der Waals surface area contributed by atoms with Crippen LogP contribution in [0, 0.1) is 0 Å². The number of hydrogen-bond acceptors (Lipinski definition) is 2. The van der Waals surface area contributed by atoms with Gasteiger partial charge in [0.05, 0.1) is 5.56 Å². The second-order valence-corrected chi connectivity index (χ2v) is 4.57. The van der Waals surface area contributed by atoms with E-state index in [-0.39, 0.29) is 5.91 Å². The summed E-state index contributed by atoms with van der Waals surface area (Å²) in [6.45, 7) is 0.958. The maximum absolute atomic E-state index is 12.3. The number of halogens is 2. The molecule has 0 saturated carbocycles. The fourth-order valence-electron chi connectivity index (χ4n) is 1.83. The minimum Gasteiger partial charge on any atom is -0.463 e. The summed E-state index contributed by atoms with van der Waals surface area (Å²) in [4.78, 5) is 14.0. The van der Waals surface area contributed by atoms with Crippen molar-refractivity contribution in [2.75, 3.05) is 24.8 Å². The number of carbonyl (C=O) groups excluding carboxylic acids is 1. The molecule has 0 saturated heterocycles. The second kappa shape index (κ2) is 6.12. The van der Waals surface area contributed by atoms with Crippen molar-refractivity contribution in [1.29, 1.82) is 0 Å². The molecular weight excluding hydrogens is 273 g/mol. The van der Waals surface area contributed by atoms with Gasteiger partial charge in [-0.3, -0.25) is 4.79 Å². The number of benzene rings is 1. The number of fused-ring (bicyclic) bond motifs is 1. The van der Waals surface area contributed by atoms with E-state index < -0.39 is 0 Å². The molecule has 0 unspecified atom stereocenters. The Hall–Kier alpha value is -1.19. The highest BCUT2D eigenvalue weighted by Crippen LogP contribution is 2.22. The molecule has 1 aromatic heterocycles. The molecule has 96 valence electrons. The van der Waals surface area contributed by atoms with E-state index in [1.807, 2.05) is 24.3 Å². The molecule has 0 spiro atoms. The van der Waals surface area contributed by atoms with Crippen molar-refractivity contribution in [3.05, 3.63) is 36.1 Å². The molecule has 0 aliphatic heterocycles. The lowest BCUT2D eigenvalue weighted by atomic mass is 10.1. The number of amides is 1. The minimum atomic E-state index is -0.0961. The fraction of sp³-hybridized carbons (Fsp3) is 0.308. The molecule has 0 aliphatic rings. The number of para-hydroxylation sites is 1. The smallest absolute Gasteiger partial charge is 0.257 e. The van der Waals surface area contributed by atoms with E-state index >= 15 is 0 Å². The average Bonchev–Trinajstić information content (AvgIpc) is 2.81. The van der Waals surface area contributed by atoms with E-state index in [0.29, 0.717) is 36.0 Å². The molecule has 0 fully saturated rings. The molecule has 1 amide bonds. The summed E-state index contributed by atoms with van der Waals surface area (Å²) in [6.07, 6.45) is 1.49. The predicted octanol–water partition coefficient (Wildman–Crippen LogP) is 3.35. The SMILES string of the molecule is O=C(c1coc2ccccc12)N(CCCl)CCCl. The van der Waals surface area contributed by atoms with Crippen molar-refractivity contribution in [1.82, 2.24) is 4.90 Å². The molecule has 0 N–H and O–H groups in total. The van der Waals surface area contributed by atoms with Crippen LogP contribution in [0.4, 0.5) is 0 Å². The van der Waals surface area contributed by atoms with Crippen LogP contribution in [0.25, 0.3) is 11.0 Å². The van der Waals surface area contributed by atoms with Crippen LogP contribution >= 0.6 is 23.2 Å². The van der Waals surface area contributed by atoms with Gasteiger partial charge in [-0.05, 0) is 6.07 Å². The number of nitrogens with zero attached hydrogens (tertiary/aromatic N) is 1. The van der Waals surface area contributed by atoms with E-state index in [4.69, 9.17) is 27.6 Å². The van der Waals surface area contributed by atoms with Crippen molar-refractivity contribution < 1.29 is 9.21 Å². The second-order valence-electron chi connectivity index (χ2n) is 3.82. The van der Waals surface area contributed by atoms with Gasteiger partial charge >= 0.3 is 0 Å². The molecule has 5 heteroatoms. The van der Waals surface area contributed by atoms with Gasteiger partial charge in [0.25, 0.3) is 5.91 Å². The topological polar surface area (TPSA) is 33.5 Å². The summed E-state index contributed by atoms with van der Waals surface area (Å²) in [5.41, 5.74) is 1.26. The largest absolute Gasteiger partial charge is 0.463 e. The molecule has 2 rings (SSSR count). The Morgan fingerprint density at radius 2 is 1.83 bits per heavy atom. The summed E-state index contributed by atoms with van der Waals surface area (Å²) < 4.78 is 5.36. The van der Waals surface area contributed by atoms with E-state index in [1.54, 1.807) is 4.90 Å². The first-order valence-electron chi connectivity index (χ1n) is 5.65. The number of rotatable bonds is 5. The summed E-state index contributed by atoms with van der Waals surface area (Å²) >= 11 is 11.4. The third kappa shape index (κ3) is 2.62. The van der Waals surface area contributed by atoms with Crippen LogP contribution in [0.15, 0.2) is 34.9 Å². The maximum Gasteiger partial charge on any atom is 0.257 e. The highest BCUT2D eigenvalue weighted by Gasteiger charge is 2.19. The first-order valence-corrected chi connectivity index (χ1v) is 6.72. The molecule has 2 aromatic rings. The van der Waals surface area contributed by atoms with Crippen LogP contribution in [0.3, 0.4) is 0 Å². The Kier molecular flexibility index (Phi) is 4.50. The number of hydrogen-bond donors (Lipinski definition) is 0. The van der Waals surface area contributed by atoms with Crippen LogP contribution in [0.1, 0.15) is 10.4 Å². The lowest BCUT2D eigenvalue weighted by molar-refractivity contribution is 0.0776. The molecule has 3 nitrogen and oxygen atoms in total. The Balaban J connectivity index is 2.31. The zero-order chi connectivity index (χ0) is 13.0. The molecule has 1 aromatic carbocycles. The fourth-order valence-corrected chi connectivity index (χ4v) is 2.24. The number of alkyl halides is 2. The lowest BCUT2D eigenvalue weighted by Gasteiger charge is -2.19. The normalized spacial score (nSPS) is 10.8. The van der Waals surface area contributed by atoms with Crippen LogP contribution in [-0.4, -0.2) is 35.7 Å². The van der Waals surface area contributed by atoms with E-state index in [9.17, 15) is 4.79 Å². The number of carbonyl (C=O) groups is 1. The maximum atomic E-state index is 12.3. The van der Waals surface area contributed by atoms with Crippen LogP contribution < -0.4 is 0 Å². The van der Waals surface area contributed by atoms with Gasteiger partial charge < -0.3 is 9.32 Å². The molecule has 1 heterocycles. The Bertz CT molecular complexity index is 533. The monoisotopic (exact) mass is 285 g/mol. The molecule has 0 aliphatic carbocycles. The van der Waals surface area contributed by atoms with Gasteiger partial charge in [-0.25, -0.2) is 0 Å². The van der Waals surface area contributed by atoms with Crippen molar-refractivity contribution in [2.24, 2.45) is 0 Å². The molecular formula is C13H13Cl2NO2. The summed E-state index contributed by atoms with van der Waals surface area (Å²) in [5.74, 6) is 0.679. The average molecular weight is 286 g/mol. The Morgan fingerprint density at radius 3 is 2.50 bits per heavy atom. The van der Waals surface area contributed by atoms with Crippen molar-refractivity contribution >= 4 is 40.1 Å². The Labute approximate surface area is 115 Å². The molecule has 18 heavy (non-hydrogen) atoms. The van der Waals surface area contributed by atoms with Crippen molar-refractivity contribution in [3.63, 3.8) is 0 Å². The minimum absolute atomic E-state index is 0.0961. The molecule has 0 bridgehead atoms. The van der Waals surface area contributed by atoms with Gasteiger partial charge in [-0.2, -0.15) is 0 Å².